The molecule has 3 amide bonds. The number of nitrogens with zero attached hydrogens (tertiary/aromatic N) is 1. The molecule has 0 saturated carbocycles. The molecule has 2 aliphatic rings. The van der Waals surface area contributed by atoms with Crippen LogP contribution in [0.4, 0.5) is 0 Å². The predicted molar refractivity (Wildman–Crippen MR) is 119 cm³/mol. The Labute approximate surface area is 189 Å². The molecule has 1 aromatic carbocycles. The number of rotatable bonds is 7. The minimum atomic E-state index is -0.656. The van der Waals surface area contributed by atoms with E-state index in [-0.39, 0.29) is 31.2 Å². The van der Waals surface area contributed by atoms with E-state index in [4.69, 9.17) is 0 Å². The third-order valence-electron chi connectivity index (χ3n) is 5.90. The number of ketones is 2. The third-order valence-corrected chi connectivity index (χ3v) is 7.29. The van der Waals surface area contributed by atoms with Crippen molar-refractivity contribution in [3.8, 4) is 0 Å². The second-order valence-corrected chi connectivity index (χ2v) is 9.62. The summed E-state index contributed by atoms with van der Waals surface area (Å²) in [5.41, 5.74) is 2.17. The number of Topliss-reactive ketones (excluding diaryl/α,β-unsaturated/α-hetero) is 2. The molecule has 4 rings (SSSR count). The molecule has 0 radical (unpaired) electrons. The zero-order chi connectivity index (χ0) is 23.0. The van der Waals surface area contributed by atoms with Crippen LogP contribution < -0.4 is 5.32 Å². The Morgan fingerprint density at radius 1 is 1.16 bits per heavy atom. The third kappa shape index (κ3) is 4.27. The number of piperidine rings is 1. The van der Waals surface area contributed by atoms with Crippen molar-refractivity contribution >= 4 is 40.6 Å². The van der Waals surface area contributed by atoms with Gasteiger partial charge in [-0.2, -0.15) is 0 Å². The zero-order valence-corrected chi connectivity index (χ0v) is 18.8. The summed E-state index contributed by atoms with van der Waals surface area (Å²) in [5, 5.41) is 2.29. The molecule has 8 heteroatoms. The number of hydrogen-bond donors (Lipinski definition) is 1. The van der Waals surface area contributed by atoms with E-state index < -0.39 is 23.5 Å². The maximum Gasteiger partial charge on any atom is 0.255 e. The first-order chi connectivity index (χ1) is 15.2. The zero-order valence-electron chi connectivity index (χ0n) is 18.0. The monoisotopic (exact) mass is 452 g/mol. The van der Waals surface area contributed by atoms with Crippen LogP contribution in [0.25, 0.3) is 0 Å². The van der Waals surface area contributed by atoms with Gasteiger partial charge in [-0.05, 0) is 48.1 Å². The highest BCUT2D eigenvalue weighted by Crippen LogP contribution is 2.29. The van der Waals surface area contributed by atoms with Gasteiger partial charge in [-0.3, -0.25) is 29.3 Å². The minimum absolute atomic E-state index is 0.0946. The molecule has 1 N–H and O–H groups in total. The normalized spacial score (nSPS) is 18.2. The summed E-state index contributed by atoms with van der Waals surface area (Å²) in [6, 6.07) is 8.30. The summed E-state index contributed by atoms with van der Waals surface area (Å²) >= 11 is 1.36. The maximum absolute atomic E-state index is 12.8. The number of fused-ring (bicyclic) bond motifs is 1. The summed E-state index contributed by atoms with van der Waals surface area (Å²) < 4.78 is 0. The van der Waals surface area contributed by atoms with Crippen molar-refractivity contribution < 1.29 is 24.0 Å². The van der Waals surface area contributed by atoms with Crippen LogP contribution in [0, 0.1) is 0 Å². The van der Waals surface area contributed by atoms with Gasteiger partial charge in [0, 0.05) is 29.8 Å². The van der Waals surface area contributed by atoms with Gasteiger partial charge in [0.25, 0.3) is 5.91 Å². The van der Waals surface area contributed by atoms with Crippen LogP contribution in [0.5, 0.6) is 0 Å². The number of nitrogens with one attached hydrogen (secondary N) is 1. The fourth-order valence-corrected chi connectivity index (χ4v) is 5.05. The average Bonchev–Trinajstić information content (AvgIpc) is 3.37. The van der Waals surface area contributed by atoms with Crippen LogP contribution in [0.2, 0.25) is 0 Å². The highest BCUT2D eigenvalue weighted by Gasteiger charge is 2.39. The molecule has 1 atom stereocenters. The number of imide groups is 1. The minimum Gasteiger partial charge on any atom is -0.322 e. The first kappa shape index (κ1) is 22.1. The van der Waals surface area contributed by atoms with Gasteiger partial charge in [0.2, 0.25) is 23.4 Å². The summed E-state index contributed by atoms with van der Waals surface area (Å²) in [6.45, 7) is 4.37. The van der Waals surface area contributed by atoms with E-state index in [1.54, 1.807) is 18.2 Å². The second-order valence-electron chi connectivity index (χ2n) is 8.50. The molecule has 0 spiro atoms. The van der Waals surface area contributed by atoms with Crippen LogP contribution in [-0.4, -0.2) is 40.2 Å². The first-order valence-electron chi connectivity index (χ1n) is 10.7. The lowest BCUT2D eigenvalue weighted by atomic mass is 10.0. The quantitative estimate of drug-likeness (QED) is 0.395. The van der Waals surface area contributed by atoms with Crippen LogP contribution in [0.15, 0.2) is 30.3 Å². The fraction of sp³-hybridized carbons (Fsp3) is 0.375. The Kier molecular flexibility index (Phi) is 6.06. The Hall–Kier alpha value is -3.13. The summed E-state index contributed by atoms with van der Waals surface area (Å²) in [5.74, 6) is -1.57. The lowest BCUT2D eigenvalue weighted by Gasteiger charge is -2.29. The Balaban J connectivity index is 1.39. The van der Waals surface area contributed by atoms with Gasteiger partial charge in [-0.1, -0.05) is 26.0 Å². The fourth-order valence-electron chi connectivity index (χ4n) is 4.08. The van der Waals surface area contributed by atoms with Gasteiger partial charge < -0.3 is 4.90 Å². The number of benzene rings is 1. The smallest absolute Gasteiger partial charge is 0.255 e. The Bertz CT molecular complexity index is 1130. The predicted octanol–water partition coefficient (Wildman–Crippen LogP) is 3.02. The standard InChI is InChI=1S/C24H24N2O5S/c1-13(2)19-8-9-20(32-19)22(29)18(27)7-4-14-3-5-16-15(11-14)12-26(24(16)31)17-6-10-21(28)25-23(17)30/h3,5,8-9,11,13,17H,4,6-7,10,12H2,1-2H3,(H,25,28,30). The van der Waals surface area contributed by atoms with E-state index in [0.29, 0.717) is 29.2 Å². The highest BCUT2D eigenvalue weighted by atomic mass is 32.1. The topological polar surface area (TPSA) is 101 Å². The summed E-state index contributed by atoms with van der Waals surface area (Å²) in [7, 11) is 0. The van der Waals surface area contributed by atoms with Gasteiger partial charge in [-0.25, -0.2) is 0 Å². The number of amides is 3. The summed E-state index contributed by atoms with van der Waals surface area (Å²) in [4.78, 5) is 64.2. The molecule has 0 bridgehead atoms. The molecule has 1 fully saturated rings. The number of carbonyl (C=O) groups is 5. The van der Waals surface area contributed by atoms with Crippen molar-refractivity contribution in [2.24, 2.45) is 0 Å². The second kappa shape index (κ2) is 8.78. The number of aryl methyl sites for hydroxylation is 1. The molecule has 1 aromatic heterocycles. The first-order valence-corrected chi connectivity index (χ1v) is 11.5. The van der Waals surface area contributed by atoms with Crippen molar-refractivity contribution in [2.75, 3.05) is 0 Å². The average molecular weight is 453 g/mol. The number of thiophene rings is 1. The Morgan fingerprint density at radius 2 is 1.94 bits per heavy atom. The molecule has 2 aliphatic heterocycles. The largest absolute Gasteiger partial charge is 0.322 e. The van der Waals surface area contributed by atoms with Gasteiger partial charge in [-0.15, -0.1) is 11.3 Å². The van der Waals surface area contributed by atoms with E-state index in [2.05, 4.69) is 5.32 Å². The van der Waals surface area contributed by atoms with E-state index in [0.717, 1.165) is 16.0 Å². The van der Waals surface area contributed by atoms with Crippen LogP contribution in [0.3, 0.4) is 0 Å². The maximum atomic E-state index is 12.8. The van der Waals surface area contributed by atoms with Crippen molar-refractivity contribution in [3.63, 3.8) is 0 Å². The number of hydrogen-bond acceptors (Lipinski definition) is 6. The molecular weight excluding hydrogens is 428 g/mol. The van der Waals surface area contributed by atoms with Crippen molar-refractivity contribution in [3.05, 3.63) is 56.8 Å². The van der Waals surface area contributed by atoms with Crippen LogP contribution in [-0.2, 0) is 27.3 Å². The van der Waals surface area contributed by atoms with Crippen molar-refractivity contribution in [2.45, 2.75) is 58.0 Å². The molecule has 166 valence electrons. The van der Waals surface area contributed by atoms with Gasteiger partial charge in [0.05, 0.1) is 4.88 Å². The van der Waals surface area contributed by atoms with E-state index in [1.165, 1.54) is 16.2 Å². The molecule has 2 aromatic rings. The van der Waals surface area contributed by atoms with Gasteiger partial charge >= 0.3 is 0 Å². The molecule has 3 heterocycles. The lowest BCUT2D eigenvalue weighted by Crippen LogP contribution is -2.52. The SMILES string of the molecule is CC(C)c1ccc(C(=O)C(=O)CCc2ccc3c(c2)CN(C2CCC(=O)NC2=O)C3=O)s1. The highest BCUT2D eigenvalue weighted by molar-refractivity contribution is 7.15. The number of carbonyl (C=O) groups excluding carboxylic acids is 5. The molecule has 7 nitrogen and oxygen atoms in total. The summed E-state index contributed by atoms with van der Waals surface area (Å²) in [6.07, 6.45) is 1.01. The van der Waals surface area contributed by atoms with E-state index in [9.17, 15) is 24.0 Å². The molecule has 1 saturated heterocycles. The van der Waals surface area contributed by atoms with E-state index >= 15 is 0 Å². The van der Waals surface area contributed by atoms with Gasteiger partial charge in [0.1, 0.15) is 6.04 Å². The molecule has 32 heavy (non-hydrogen) atoms. The van der Waals surface area contributed by atoms with Crippen molar-refractivity contribution in [1.82, 2.24) is 10.2 Å². The van der Waals surface area contributed by atoms with Crippen LogP contribution in [0.1, 0.15) is 75.1 Å². The molecule has 0 aliphatic carbocycles. The Morgan fingerprint density at radius 3 is 2.62 bits per heavy atom. The van der Waals surface area contributed by atoms with E-state index in [1.807, 2.05) is 26.0 Å². The lowest BCUT2D eigenvalue weighted by molar-refractivity contribution is -0.136. The van der Waals surface area contributed by atoms with Crippen molar-refractivity contribution in [1.29, 1.82) is 0 Å². The molecule has 1 unspecified atom stereocenters. The molecular formula is C24H24N2O5S. The van der Waals surface area contributed by atoms with Crippen LogP contribution >= 0.6 is 11.3 Å². The van der Waals surface area contributed by atoms with Gasteiger partial charge in [0.15, 0.2) is 0 Å².